The lowest BCUT2D eigenvalue weighted by Gasteiger charge is -2.06. The van der Waals surface area contributed by atoms with Crippen LogP contribution in [0.25, 0.3) is 10.9 Å². The molecule has 2 nitrogen and oxygen atoms in total. The van der Waals surface area contributed by atoms with E-state index in [0.717, 1.165) is 14.5 Å². The summed E-state index contributed by atoms with van der Waals surface area (Å²) in [5.74, 6) is 0.451. The van der Waals surface area contributed by atoms with Gasteiger partial charge < -0.3 is 4.98 Å². The molecule has 2 aromatic rings. The molecule has 2 rings (SSSR count). The average molecular weight is 313 g/mol. The Morgan fingerprint density at radius 2 is 2.07 bits per heavy atom. The third kappa shape index (κ3) is 1.93. The van der Waals surface area contributed by atoms with Gasteiger partial charge in [-0.3, -0.25) is 4.79 Å². The molecule has 0 radical (unpaired) electrons. The second-order valence-electron chi connectivity index (χ2n) is 3.93. The quantitative estimate of drug-likeness (QED) is 0.806. The zero-order chi connectivity index (χ0) is 11.0. The van der Waals surface area contributed by atoms with Crippen molar-refractivity contribution in [1.82, 2.24) is 4.98 Å². The maximum absolute atomic E-state index is 11.9. The van der Waals surface area contributed by atoms with Crippen molar-refractivity contribution < 1.29 is 0 Å². The van der Waals surface area contributed by atoms with E-state index in [2.05, 4.69) is 47.5 Å². The van der Waals surface area contributed by atoms with Gasteiger partial charge in [-0.1, -0.05) is 19.9 Å². The summed E-state index contributed by atoms with van der Waals surface area (Å²) in [5, 5.41) is 0.785. The maximum Gasteiger partial charge on any atom is 0.202 e. The average Bonchev–Trinajstić information content (AvgIpc) is 2.23. The van der Waals surface area contributed by atoms with Gasteiger partial charge in [0.2, 0.25) is 5.43 Å². The normalized spacial score (nSPS) is 11.2. The number of halogens is 1. The van der Waals surface area contributed by atoms with Crippen LogP contribution in [0.2, 0.25) is 0 Å². The standard InChI is InChI=1S/C12H12INO/c1-7(2)8-3-4-11-9(5-8)12(15)10(13)6-14-11/h3-7H,1-2H3,(H,14,15). The Morgan fingerprint density at radius 3 is 2.73 bits per heavy atom. The minimum absolute atomic E-state index is 0.117. The largest absolute Gasteiger partial charge is 0.360 e. The molecule has 0 fully saturated rings. The zero-order valence-electron chi connectivity index (χ0n) is 8.67. The molecule has 1 aromatic heterocycles. The fourth-order valence-corrected chi connectivity index (χ4v) is 2.02. The van der Waals surface area contributed by atoms with Crippen LogP contribution in [0.5, 0.6) is 0 Å². The molecular formula is C12H12INO. The number of H-pyrrole nitrogens is 1. The van der Waals surface area contributed by atoms with Crippen molar-refractivity contribution in [2.45, 2.75) is 19.8 Å². The van der Waals surface area contributed by atoms with Crippen LogP contribution in [0.3, 0.4) is 0 Å². The van der Waals surface area contributed by atoms with Crippen LogP contribution in [-0.2, 0) is 0 Å². The Morgan fingerprint density at radius 1 is 1.33 bits per heavy atom. The van der Waals surface area contributed by atoms with E-state index >= 15 is 0 Å². The van der Waals surface area contributed by atoms with Gasteiger partial charge in [-0.2, -0.15) is 0 Å². The first kappa shape index (κ1) is 10.7. The third-order valence-electron chi connectivity index (χ3n) is 2.53. The lowest BCUT2D eigenvalue weighted by molar-refractivity contribution is 0.868. The Balaban J connectivity index is 2.80. The van der Waals surface area contributed by atoms with Gasteiger partial charge in [0.1, 0.15) is 0 Å². The van der Waals surface area contributed by atoms with E-state index in [9.17, 15) is 4.79 Å². The molecule has 0 amide bonds. The summed E-state index contributed by atoms with van der Waals surface area (Å²) in [5.41, 5.74) is 2.23. The highest BCUT2D eigenvalue weighted by molar-refractivity contribution is 14.1. The van der Waals surface area contributed by atoms with Gasteiger partial charge in [0.05, 0.1) is 3.57 Å². The Kier molecular flexibility index (Phi) is 2.82. The molecule has 0 unspecified atom stereocenters. The van der Waals surface area contributed by atoms with Crippen molar-refractivity contribution in [2.75, 3.05) is 0 Å². The topological polar surface area (TPSA) is 32.9 Å². The van der Waals surface area contributed by atoms with E-state index in [1.54, 1.807) is 6.20 Å². The van der Waals surface area contributed by atoms with Crippen molar-refractivity contribution in [1.29, 1.82) is 0 Å². The summed E-state index contributed by atoms with van der Waals surface area (Å²) in [6.07, 6.45) is 1.75. The zero-order valence-corrected chi connectivity index (χ0v) is 10.8. The summed E-state index contributed by atoms with van der Waals surface area (Å²) >= 11 is 2.06. The molecule has 0 atom stereocenters. The van der Waals surface area contributed by atoms with Crippen LogP contribution >= 0.6 is 22.6 Å². The molecule has 1 heterocycles. The van der Waals surface area contributed by atoms with E-state index in [1.807, 2.05) is 12.1 Å². The predicted molar refractivity (Wildman–Crippen MR) is 71.4 cm³/mol. The molecule has 0 aliphatic heterocycles. The van der Waals surface area contributed by atoms with Gasteiger partial charge >= 0.3 is 0 Å². The van der Waals surface area contributed by atoms with Crippen molar-refractivity contribution in [3.8, 4) is 0 Å². The van der Waals surface area contributed by atoms with Crippen molar-refractivity contribution in [2.24, 2.45) is 0 Å². The van der Waals surface area contributed by atoms with Crippen molar-refractivity contribution in [3.05, 3.63) is 43.8 Å². The van der Waals surface area contributed by atoms with Crippen molar-refractivity contribution >= 4 is 33.5 Å². The van der Waals surface area contributed by atoms with Gasteiger partial charge in [0, 0.05) is 17.1 Å². The van der Waals surface area contributed by atoms with E-state index in [0.29, 0.717) is 5.92 Å². The Hall–Kier alpha value is -0.840. The monoisotopic (exact) mass is 313 g/mol. The maximum atomic E-state index is 11.9. The van der Waals surface area contributed by atoms with E-state index in [4.69, 9.17) is 0 Å². The molecule has 3 heteroatoms. The molecule has 15 heavy (non-hydrogen) atoms. The SMILES string of the molecule is CC(C)c1ccc2[nH]cc(I)c(=O)c2c1. The van der Waals surface area contributed by atoms with Gasteiger partial charge in [-0.05, 0) is 46.2 Å². The number of nitrogens with one attached hydrogen (secondary N) is 1. The lowest BCUT2D eigenvalue weighted by atomic mass is 10.0. The molecule has 0 bridgehead atoms. The molecule has 1 N–H and O–H groups in total. The molecule has 0 saturated heterocycles. The van der Waals surface area contributed by atoms with E-state index < -0.39 is 0 Å². The minimum Gasteiger partial charge on any atom is -0.360 e. The van der Waals surface area contributed by atoms with Crippen LogP contribution in [0.15, 0.2) is 29.2 Å². The predicted octanol–water partition coefficient (Wildman–Crippen LogP) is 3.26. The van der Waals surface area contributed by atoms with E-state index in [1.165, 1.54) is 5.56 Å². The number of fused-ring (bicyclic) bond motifs is 1. The fourth-order valence-electron chi connectivity index (χ4n) is 1.57. The summed E-state index contributed by atoms with van der Waals surface area (Å²) in [4.78, 5) is 15.0. The molecule has 1 aromatic carbocycles. The Labute approximate surface area is 102 Å². The summed E-state index contributed by atoms with van der Waals surface area (Å²) in [6, 6.07) is 6.03. The molecule has 78 valence electrons. The van der Waals surface area contributed by atoms with Crippen LogP contribution in [0, 0.1) is 3.57 Å². The van der Waals surface area contributed by atoms with Crippen LogP contribution < -0.4 is 5.43 Å². The fraction of sp³-hybridized carbons (Fsp3) is 0.250. The van der Waals surface area contributed by atoms with Gasteiger partial charge in [-0.15, -0.1) is 0 Å². The number of benzene rings is 1. The minimum atomic E-state index is 0.117. The molecule has 0 spiro atoms. The van der Waals surface area contributed by atoms with E-state index in [-0.39, 0.29) is 5.43 Å². The first-order valence-corrected chi connectivity index (χ1v) is 5.98. The highest BCUT2D eigenvalue weighted by Crippen LogP contribution is 2.18. The number of rotatable bonds is 1. The molecule has 0 saturated carbocycles. The van der Waals surface area contributed by atoms with Gasteiger partial charge in [-0.25, -0.2) is 0 Å². The summed E-state index contributed by atoms with van der Waals surface area (Å²) in [7, 11) is 0. The van der Waals surface area contributed by atoms with Gasteiger partial charge in [0.25, 0.3) is 0 Å². The first-order valence-electron chi connectivity index (χ1n) is 4.90. The summed E-state index contributed by atoms with van der Waals surface area (Å²) < 4.78 is 0.737. The molecular weight excluding hydrogens is 301 g/mol. The number of aromatic amines is 1. The van der Waals surface area contributed by atoms with Crippen molar-refractivity contribution in [3.63, 3.8) is 0 Å². The first-order chi connectivity index (χ1) is 7.09. The Bertz CT molecular complexity index is 557. The summed E-state index contributed by atoms with van der Waals surface area (Å²) in [6.45, 7) is 4.26. The van der Waals surface area contributed by atoms with Gasteiger partial charge in [0.15, 0.2) is 0 Å². The van der Waals surface area contributed by atoms with Crippen LogP contribution in [-0.4, -0.2) is 4.98 Å². The third-order valence-corrected chi connectivity index (χ3v) is 3.33. The van der Waals surface area contributed by atoms with Crippen LogP contribution in [0.4, 0.5) is 0 Å². The second-order valence-corrected chi connectivity index (χ2v) is 5.09. The number of aromatic nitrogens is 1. The highest BCUT2D eigenvalue weighted by Gasteiger charge is 2.05. The number of pyridine rings is 1. The highest BCUT2D eigenvalue weighted by atomic mass is 127. The number of hydrogen-bond acceptors (Lipinski definition) is 1. The molecule has 0 aliphatic rings. The number of hydrogen-bond donors (Lipinski definition) is 1. The second kappa shape index (κ2) is 3.96. The smallest absolute Gasteiger partial charge is 0.202 e. The van der Waals surface area contributed by atoms with Crippen LogP contribution in [0.1, 0.15) is 25.3 Å². The molecule has 0 aliphatic carbocycles. The lowest BCUT2D eigenvalue weighted by Crippen LogP contribution is -2.06.